The van der Waals surface area contributed by atoms with Gasteiger partial charge in [-0.1, -0.05) is 20.8 Å². The van der Waals surface area contributed by atoms with Crippen molar-refractivity contribution >= 4 is 0 Å². The molecule has 2 heterocycles. The fourth-order valence-electron chi connectivity index (χ4n) is 2.62. The van der Waals surface area contributed by atoms with Crippen LogP contribution < -0.4 is 5.32 Å². The van der Waals surface area contributed by atoms with Crippen molar-refractivity contribution in [3.8, 4) is 0 Å². The average molecular weight is 235 g/mol. The molecule has 1 unspecified atom stereocenters. The first-order valence-corrected chi connectivity index (χ1v) is 6.78. The maximum absolute atomic E-state index is 4.30. The normalized spacial score (nSPS) is 21.7. The summed E-state index contributed by atoms with van der Waals surface area (Å²) in [6.07, 6.45) is 7.98. The van der Waals surface area contributed by atoms with Crippen LogP contribution in [0.15, 0.2) is 12.5 Å². The fourth-order valence-corrected chi connectivity index (χ4v) is 2.62. The topological polar surface area (TPSA) is 29.9 Å². The Morgan fingerprint density at radius 3 is 2.94 bits per heavy atom. The SMILES string of the molecule is CC(C)(C)c1cncn1CCC1CCCNC1. The summed E-state index contributed by atoms with van der Waals surface area (Å²) < 4.78 is 2.33. The first-order chi connectivity index (χ1) is 8.07. The minimum absolute atomic E-state index is 0.196. The Morgan fingerprint density at radius 1 is 1.47 bits per heavy atom. The van der Waals surface area contributed by atoms with E-state index in [9.17, 15) is 0 Å². The van der Waals surface area contributed by atoms with E-state index < -0.39 is 0 Å². The second-order valence-corrected chi connectivity index (χ2v) is 6.22. The van der Waals surface area contributed by atoms with Crippen molar-refractivity contribution in [2.24, 2.45) is 5.92 Å². The number of hydrogen-bond donors (Lipinski definition) is 1. The van der Waals surface area contributed by atoms with Crippen LogP contribution in [-0.4, -0.2) is 22.6 Å². The van der Waals surface area contributed by atoms with E-state index in [1.165, 1.54) is 38.0 Å². The molecule has 1 N–H and O–H groups in total. The van der Waals surface area contributed by atoms with Crippen LogP contribution in [0, 0.1) is 5.92 Å². The number of aromatic nitrogens is 2. The zero-order valence-electron chi connectivity index (χ0n) is 11.4. The number of nitrogens with one attached hydrogen (secondary N) is 1. The molecule has 0 radical (unpaired) electrons. The molecule has 0 bridgehead atoms. The standard InChI is InChI=1S/C14H25N3/c1-14(2,3)13-10-16-11-17(13)8-6-12-5-4-7-15-9-12/h10-12,15H,4-9H2,1-3H3. The van der Waals surface area contributed by atoms with Crippen LogP contribution in [-0.2, 0) is 12.0 Å². The second kappa shape index (κ2) is 5.21. The maximum atomic E-state index is 4.30. The summed E-state index contributed by atoms with van der Waals surface area (Å²) in [5.74, 6) is 0.846. The molecule has 17 heavy (non-hydrogen) atoms. The zero-order chi connectivity index (χ0) is 12.3. The number of aryl methyl sites for hydroxylation is 1. The van der Waals surface area contributed by atoms with Crippen molar-refractivity contribution in [2.75, 3.05) is 13.1 Å². The third-order valence-electron chi connectivity index (χ3n) is 3.66. The zero-order valence-corrected chi connectivity index (χ0v) is 11.4. The van der Waals surface area contributed by atoms with Crippen LogP contribution in [0.1, 0.15) is 45.7 Å². The molecular formula is C14H25N3. The minimum atomic E-state index is 0.196. The number of piperidine rings is 1. The van der Waals surface area contributed by atoms with Crippen molar-refractivity contribution in [1.29, 1.82) is 0 Å². The van der Waals surface area contributed by atoms with Crippen molar-refractivity contribution in [3.63, 3.8) is 0 Å². The Balaban J connectivity index is 1.92. The average Bonchev–Trinajstić information content (AvgIpc) is 2.75. The molecule has 3 heteroatoms. The fraction of sp³-hybridized carbons (Fsp3) is 0.786. The summed E-state index contributed by atoms with van der Waals surface area (Å²) >= 11 is 0. The molecule has 0 saturated carbocycles. The Kier molecular flexibility index (Phi) is 3.87. The van der Waals surface area contributed by atoms with Gasteiger partial charge < -0.3 is 9.88 Å². The highest BCUT2D eigenvalue weighted by Gasteiger charge is 2.19. The van der Waals surface area contributed by atoms with Gasteiger partial charge in [0.05, 0.1) is 6.33 Å². The third-order valence-corrected chi connectivity index (χ3v) is 3.66. The lowest BCUT2D eigenvalue weighted by atomic mass is 9.92. The molecular weight excluding hydrogens is 210 g/mol. The largest absolute Gasteiger partial charge is 0.334 e. The van der Waals surface area contributed by atoms with Crippen molar-refractivity contribution < 1.29 is 0 Å². The van der Waals surface area contributed by atoms with E-state index in [-0.39, 0.29) is 5.41 Å². The van der Waals surface area contributed by atoms with E-state index >= 15 is 0 Å². The molecule has 2 rings (SSSR count). The van der Waals surface area contributed by atoms with Gasteiger partial charge in [0.2, 0.25) is 0 Å². The molecule has 96 valence electrons. The van der Waals surface area contributed by atoms with Crippen molar-refractivity contribution in [2.45, 2.75) is 52.0 Å². The van der Waals surface area contributed by atoms with E-state index in [4.69, 9.17) is 0 Å². The van der Waals surface area contributed by atoms with Crippen LogP contribution in [0.4, 0.5) is 0 Å². The van der Waals surface area contributed by atoms with Crippen LogP contribution >= 0.6 is 0 Å². The third kappa shape index (κ3) is 3.32. The van der Waals surface area contributed by atoms with E-state index in [2.05, 4.69) is 35.6 Å². The Morgan fingerprint density at radius 2 is 2.29 bits per heavy atom. The number of hydrogen-bond acceptors (Lipinski definition) is 2. The predicted octanol–water partition coefficient (Wildman–Crippen LogP) is 2.57. The van der Waals surface area contributed by atoms with Gasteiger partial charge in [0.25, 0.3) is 0 Å². The van der Waals surface area contributed by atoms with E-state index in [1.54, 1.807) is 0 Å². The maximum Gasteiger partial charge on any atom is 0.0948 e. The summed E-state index contributed by atoms with van der Waals surface area (Å²) in [5.41, 5.74) is 1.54. The summed E-state index contributed by atoms with van der Waals surface area (Å²) in [6, 6.07) is 0. The van der Waals surface area contributed by atoms with E-state index in [0.717, 1.165) is 12.5 Å². The molecule has 1 aromatic rings. The number of nitrogens with zero attached hydrogens (tertiary/aromatic N) is 2. The van der Waals surface area contributed by atoms with Crippen LogP contribution in [0.2, 0.25) is 0 Å². The van der Waals surface area contributed by atoms with Gasteiger partial charge in [0, 0.05) is 23.9 Å². The van der Waals surface area contributed by atoms with E-state index in [0.29, 0.717) is 0 Å². The summed E-state index contributed by atoms with van der Waals surface area (Å²) in [6.45, 7) is 10.3. The van der Waals surface area contributed by atoms with Gasteiger partial charge in [0.15, 0.2) is 0 Å². The molecule has 1 aliphatic rings. The Bertz CT molecular complexity index is 343. The van der Waals surface area contributed by atoms with Gasteiger partial charge in [-0.15, -0.1) is 0 Å². The first-order valence-electron chi connectivity index (χ1n) is 6.78. The van der Waals surface area contributed by atoms with Gasteiger partial charge in [-0.2, -0.15) is 0 Å². The van der Waals surface area contributed by atoms with Gasteiger partial charge in [-0.25, -0.2) is 4.98 Å². The smallest absolute Gasteiger partial charge is 0.0948 e. The van der Waals surface area contributed by atoms with Gasteiger partial charge in [-0.3, -0.25) is 0 Å². The molecule has 0 spiro atoms. The van der Waals surface area contributed by atoms with E-state index in [1.807, 2.05) is 12.5 Å². The molecule has 3 nitrogen and oxygen atoms in total. The van der Waals surface area contributed by atoms with Crippen LogP contribution in [0.25, 0.3) is 0 Å². The lowest BCUT2D eigenvalue weighted by Crippen LogP contribution is -2.30. The molecule has 1 aromatic heterocycles. The summed E-state index contributed by atoms with van der Waals surface area (Å²) in [4.78, 5) is 4.30. The monoisotopic (exact) mass is 235 g/mol. The van der Waals surface area contributed by atoms with Crippen LogP contribution in [0.3, 0.4) is 0 Å². The van der Waals surface area contributed by atoms with Crippen LogP contribution in [0.5, 0.6) is 0 Å². The lowest BCUT2D eigenvalue weighted by Gasteiger charge is -2.25. The lowest BCUT2D eigenvalue weighted by molar-refractivity contribution is 0.337. The number of imidazole rings is 1. The molecule has 1 aliphatic heterocycles. The second-order valence-electron chi connectivity index (χ2n) is 6.22. The van der Waals surface area contributed by atoms with Gasteiger partial charge >= 0.3 is 0 Å². The Labute approximate surface area is 105 Å². The minimum Gasteiger partial charge on any atom is -0.334 e. The predicted molar refractivity (Wildman–Crippen MR) is 71.1 cm³/mol. The first kappa shape index (κ1) is 12.6. The van der Waals surface area contributed by atoms with Gasteiger partial charge in [-0.05, 0) is 38.3 Å². The van der Waals surface area contributed by atoms with Crippen molar-refractivity contribution in [1.82, 2.24) is 14.9 Å². The molecule has 0 aliphatic carbocycles. The molecule has 0 amide bonds. The Hall–Kier alpha value is -0.830. The summed E-state index contributed by atoms with van der Waals surface area (Å²) in [7, 11) is 0. The molecule has 1 saturated heterocycles. The van der Waals surface area contributed by atoms with Gasteiger partial charge in [0.1, 0.15) is 0 Å². The quantitative estimate of drug-likeness (QED) is 0.872. The molecule has 1 fully saturated rings. The molecule has 1 atom stereocenters. The highest BCUT2D eigenvalue weighted by Crippen LogP contribution is 2.23. The highest BCUT2D eigenvalue weighted by atomic mass is 15.1. The highest BCUT2D eigenvalue weighted by molar-refractivity contribution is 5.10. The number of rotatable bonds is 3. The summed E-state index contributed by atoms with van der Waals surface area (Å²) in [5, 5.41) is 3.48. The van der Waals surface area contributed by atoms with Crippen molar-refractivity contribution in [3.05, 3.63) is 18.2 Å². The molecule has 0 aromatic carbocycles.